The third-order valence-corrected chi connectivity index (χ3v) is 6.26. The maximum absolute atomic E-state index is 13.4. The molecular weight excluding hydrogens is 338 g/mol. The lowest BCUT2D eigenvalue weighted by Crippen LogP contribution is -2.61. The van der Waals surface area contributed by atoms with Gasteiger partial charge in [-0.2, -0.15) is 0 Å². The molecule has 1 aliphatic heterocycles. The Labute approximate surface area is 159 Å². The highest BCUT2D eigenvalue weighted by atomic mass is 16.4. The summed E-state index contributed by atoms with van der Waals surface area (Å²) in [5.74, 6) is -1.48. The zero-order valence-corrected chi connectivity index (χ0v) is 15.4. The number of rotatable bonds is 4. The van der Waals surface area contributed by atoms with Crippen LogP contribution in [0.4, 0.5) is 0 Å². The Kier molecular flexibility index (Phi) is 4.73. The molecule has 1 aliphatic carbocycles. The van der Waals surface area contributed by atoms with Gasteiger partial charge in [0.15, 0.2) is 0 Å². The summed E-state index contributed by atoms with van der Waals surface area (Å²) in [5.41, 5.74) is 1.80. The van der Waals surface area contributed by atoms with Crippen molar-refractivity contribution in [2.45, 2.75) is 50.0 Å². The molecule has 1 fully saturated rings. The summed E-state index contributed by atoms with van der Waals surface area (Å²) in [6, 6.07) is 17.4. The zero-order chi connectivity index (χ0) is 18.9. The lowest BCUT2D eigenvalue weighted by atomic mass is 9.65. The predicted molar refractivity (Wildman–Crippen MR) is 104 cm³/mol. The average Bonchev–Trinajstić information content (AvgIpc) is 2.69. The number of aliphatic carboxylic acids is 1. The van der Waals surface area contributed by atoms with Crippen LogP contribution in [-0.4, -0.2) is 34.0 Å². The summed E-state index contributed by atoms with van der Waals surface area (Å²) in [4.78, 5) is 27.7. The van der Waals surface area contributed by atoms with E-state index >= 15 is 0 Å². The summed E-state index contributed by atoms with van der Waals surface area (Å²) in [7, 11) is 0. The molecule has 0 radical (unpaired) electrons. The van der Waals surface area contributed by atoms with Gasteiger partial charge in [-0.1, -0.05) is 67.8 Å². The number of carbonyl (C=O) groups excluding carboxylic acids is 1. The van der Waals surface area contributed by atoms with Crippen LogP contribution in [0.3, 0.4) is 0 Å². The van der Waals surface area contributed by atoms with E-state index in [-0.39, 0.29) is 5.91 Å². The van der Waals surface area contributed by atoms with Crippen LogP contribution in [-0.2, 0) is 11.2 Å². The number of carboxylic acids is 1. The van der Waals surface area contributed by atoms with Crippen molar-refractivity contribution in [1.82, 2.24) is 4.90 Å². The van der Waals surface area contributed by atoms with Gasteiger partial charge in [0.1, 0.15) is 5.92 Å². The first-order valence-electron chi connectivity index (χ1n) is 9.81. The van der Waals surface area contributed by atoms with Gasteiger partial charge in [-0.25, -0.2) is 0 Å². The molecule has 1 N–H and O–H groups in total. The molecule has 2 aromatic carbocycles. The summed E-state index contributed by atoms with van der Waals surface area (Å²) in [6.45, 7) is 0.557. The van der Waals surface area contributed by atoms with Crippen molar-refractivity contribution in [3.8, 4) is 0 Å². The molecule has 1 amide bonds. The number of amides is 1. The van der Waals surface area contributed by atoms with Crippen LogP contribution in [0.1, 0.15) is 59.5 Å². The van der Waals surface area contributed by atoms with Crippen LogP contribution < -0.4 is 0 Å². The Hall–Kier alpha value is -2.62. The molecule has 1 atom stereocenters. The monoisotopic (exact) mass is 363 g/mol. The number of carbonyl (C=O) groups is 2. The second kappa shape index (κ2) is 7.18. The first-order chi connectivity index (χ1) is 13.1. The first kappa shape index (κ1) is 17.8. The maximum Gasteiger partial charge on any atom is 0.313 e. The SMILES string of the molecule is O=C(O)[C@H]1c2ccccc2C(=O)N(CCc2ccccc2)C12CCCCC2. The fourth-order valence-electron chi connectivity index (χ4n) is 5.03. The van der Waals surface area contributed by atoms with Crippen LogP contribution in [0.25, 0.3) is 0 Å². The highest BCUT2D eigenvalue weighted by Gasteiger charge is 2.54. The molecule has 1 heterocycles. The fraction of sp³-hybridized carbons (Fsp3) is 0.391. The molecule has 4 heteroatoms. The Morgan fingerprint density at radius 3 is 2.37 bits per heavy atom. The minimum Gasteiger partial charge on any atom is -0.481 e. The largest absolute Gasteiger partial charge is 0.481 e. The van der Waals surface area contributed by atoms with Crippen LogP contribution in [0.15, 0.2) is 54.6 Å². The summed E-state index contributed by atoms with van der Waals surface area (Å²) >= 11 is 0. The van der Waals surface area contributed by atoms with E-state index in [1.165, 1.54) is 5.56 Å². The number of hydrogen-bond acceptors (Lipinski definition) is 2. The van der Waals surface area contributed by atoms with E-state index in [0.29, 0.717) is 17.7 Å². The molecular formula is C23H25NO3. The third-order valence-electron chi connectivity index (χ3n) is 6.26. The lowest BCUT2D eigenvalue weighted by Gasteiger charge is -2.53. The summed E-state index contributed by atoms with van der Waals surface area (Å²) < 4.78 is 0. The van der Waals surface area contributed by atoms with Crippen molar-refractivity contribution < 1.29 is 14.7 Å². The van der Waals surface area contributed by atoms with Gasteiger partial charge in [0.05, 0.1) is 5.54 Å². The lowest BCUT2D eigenvalue weighted by molar-refractivity contribution is -0.144. The number of benzene rings is 2. The molecule has 4 nitrogen and oxygen atoms in total. The first-order valence-corrected chi connectivity index (χ1v) is 9.81. The van der Waals surface area contributed by atoms with E-state index in [1.54, 1.807) is 6.07 Å². The fourth-order valence-corrected chi connectivity index (χ4v) is 5.03. The molecule has 4 rings (SSSR count). The van der Waals surface area contributed by atoms with Crippen molar-refractivity contribution in [1.29, 1.82) is 0 Å². The summed E-state index contributed by atoms with van der Waals surface area (Å²) in [5, 5.41) is 10.2. The van der Waals surface area contributed by atoms with Crippen molar-refractivity contribution in [3.63, 3.8) is 0 Å². The number of nitrogens with zero attached hydrogens (tertiary/aromatic N) is 1. The number of fused-ring (bicyclic) bond motifs is 1. The van der Waals surface area contributed by atoms with E-state index in [1.807, 2.05) is 41.3 Å². The second-order valence-electron chi connectivity index (χ2n) is 7.72. The maximum atomic E-state index is 13.4. The molecule has 2 aromatic rings. The molecule has 1 saturated carbocycles. The van der Waals surface area contributed by atoms with Gasteiger partial charge in [-0.05, 0) is 36.5 Å². The average molecular weight is 363 g/mol. The van der Waals surface area contributed by atoms with Gasteiger partial charge in [0.25, 0.3) is 5.91 Å². The van der Waals surface area contributed by atoms with Crippen LogP contribution in [0.2, 0.25) is 0 Å². The van der Waals surface area contributed by atoms with Gasteiger partial charge < -0.3 is 10.0 Å². The van der Waals surface area contributed by atoms with Crippen LogP contribution >= 0.6 is 0 Å². The standard InChI is InChI=1S/C23H25NO3/c25-21-19-12-6-5-11-18(19)20(22(26)27)23(14-7-2-8-15-23)24(21)16-13-17-9-3-1-4-10-17/h1,3-6,9-12,20H,2,7-8,13-16H2,(H,26,27)/t20-/m1/s1. The van der Waals surface area contributed by atoms with E-state index in [9.17, 15) is 14.7 Å². The van der Waals surface area contributed by atoms with Gasteiger partial charge in [-0.15, -0.1) is 0 Å². The van der Waals surface area contributed by atoms with Crippen molar-refractivity contribution in [3.05, 3.63) is 71.3 Å². The van der Waals surface area contributed by atoms with Gasteiger partial charge >= 0.3 is 5.97 Å². The van der Waals surface area contributed by atoms with E-state index in [2.05, 4.69) is 12.1 Å². The number of carboxylic acid groups (broad SMARTS) is 1. The van der Waals surface area contributed by atoms with Crippen molar-refractivity contribution in [2.24, 2.45) is 0 Å². The van der Waals surface area contributed by atoms with Crippen molar-refractivity contribution in [2.75, 3.05) is 6.54 Å². The third kappa shape index (κ3) is 3.03. The highest BCUT2D eigenvalue weighted by molar-refractivity contribution is 6.01. The zero-order valence-electron chi connectivity index (χ0n) is 15.4. The van der Waals surface area contributed by atoms with Crippen LogP contribution in [0, 0.1) is 0 Å². The highest BCUT2D eigenvalue weighted by Crippen LogP contribution is 2.49. The van der Waals surface area contributed by atoms with Crippen LogP contribution in [0.5, 0.6) is 0 Å². The van der Waals surface area contributed by atoms with E-state index < -0.39 is 17.4 Å². The predicted octanol–water partition coefficient (Wildman–Crippen LogP) is 4.26. The Morgan fingerprint density at radius 1 is 1.00 bits per heavy atom. The minimum absolute atomic E-state index is 0.0130. The van der Waals surface area contributed by atoms with Gasteiger partial charge in [0.2, 0.25) is 0 Å². The second-order valence-corrected chi connectivity index (χ2v) is 7.72. The molecule has 2 aliphatic rings. The van der Waals surface area contributed by atoms with E-state index in [4.69, 9.17) is 0 Å². The molecule has 0 bridgehead atoms. The topological polar surface area (TPSA) is 57.6 Å². The number of hydrogen-bond donors (Lipinski definition) is 1. The van der Waals surface area contributed by atoms with E-state index in [0.717, 1.165) is 38.5 Å². The molecule has 140 valence electrons. The minimum atomic E-state index is -0.818. The summed E-state index contributed by atoms with van der Waals surface area (Å²) in [6.07, 6.45) is 5.32. The Morgan fingerprint density at radius 2 is 1.67 bits per heavy atom. The molecule has 0 unspecified atom stereocenters. The smallest absolute Gasteiger partial charge is 0.313 e. The molecule has 1 spiro atoms. The quantitative estimate of drug-likeness (QED) is 0.883. The normalized spacial score (nSPS) is 21.1. The Balaban J connectivity index is 1.77. The molecule has 0 aromatic heterocycles. The van der Waals surface area contributed by atoms with Gasteiger partial charge in [0, 0.05) is 12.1 Å². The Bertz CT molecular complexity index is 840. The van der Waals surface area contributed by atoms with Gasteiger partial charge in [-0.3, -0.25) is 9.59 Å². The van der Waals surface area contributed by atoms with Crippen molar-refractivity contribution >= 4 is 11.9 Å². The molecule has 0 saturated heterocycles. The molecule has 27 heavy (non-hydrogen) atoms.